The average molecular weight is 406 g/mol. The summed E-state index contributed by atoms with van der Waals surface area (Å²) < 4.78 is 3.34. The molecule has 2 fully saturated rings. The number of aromatic nitrogens is 2. The molecule has 1 atom stereocenters. The lowest BCUT2D eigenvalue weighted by atomic mass is 9.83. The molecule has 0 unspecified atom stereocenters. The molecule has 2 N–H and O–H groups in total. The van der Waals surface area contributed by atoms with Crippen molar-refractivity contribution in [1.82, 2.24) is 14.9 Å². The molecule has 2 aliphatic rings. The summed E-state index contributed by atoms with van der Waals surface area (Å²) in [5.74, 6) is 1.08. The second-order valence-electron chi connectivity index (χ2n) is 7.71. The normalized spacial score (nSPS) is 30.4. The number of piperidine rings is 1. The molecular formula is C19H24BrN3O2. The number of nitrogens with one attached hydrogen (secondary N) is 1. The Labute approximate surface area is 155 Å². The van der Waals surface area contributed by atoms with Crippen LogP contribution in [0.2, 0.25) is 0 Å². The minimum absolute atomic E-state index is 0.0186. The predicted octanol–water partition coefficient (Wildman–Crippen LogP) is 4.01. The number of carbonyl (C=O) groups excluding carboxylic acids is 1. The second-order valence-corrected chi connectivity index (χ2v) is 8.63. The molecule has 0 radical (unpaired) electrons. The number of fused-ring (bicyclic) bond motifs is 1. The number of carbonyl (C=O) groups is 1. The van der Waals surface area contributed by atoms with Gasteiger partial charge >= 0.3 is 0 Å². The molecule has 6 heteroatoms. The molecule has 0 bridgehead atoms. The van der Waals surface area contributed by atoms with Gasteiger partial charge in [-0.05, 0) is 63.6 Å². The Morgan fingerprint density at radius 3 is 2.80 bits per heavy atom. The van der Waals surface area contributed by atoms with E-state index in [4.69, 9.17) is 4.98 Å². The SMILES string of the molecule is C[C@]1(O)CC[C@@H](n2c([C@@H]3CCCC(=O)N3)nc3cc(Br)ccc32)CC1. The summed E-state index contributed by atoms with van der Waals surface area (Å²) >= 11 is 3.53. The maximum Gasteiger partial charge on any atom is 0.220 e. The van der Waals surface area contributed by atoms with Crippen molar-refractivity contribution in [2.45, 2.75) is 69.6 Å². The summed E-state index contributed by atoms with van der Waals surface area (Å²) in [6.45, 7) is 1.93. The van der Waals surface area contributed by atoms with E-state index in [0.717, 1.165) is 59.9 Å². The van der Waals surface area contributed by atoms with Crippen LogP contribution in [0.4, 0.5) is 0 Å². The van der Waals surface area contributed by atoms with Crippen LogP contribution >= 0.6 is 15.9 Å². The first-order chi connectivity index (χ1) is 11.9. The van der Waals surface area contributed by atoms with Gasteiger partial charge in [0.05, 0.1) is 22.7 Å². The molecule has 1 aliphatic heterocycles. The van der Waals surface area contributed by atoms with Gasteiger partial charge in [-0.2, -0.15) is 0 Å². The highest BCUT2D eigenvalue weighted by Gasteiger charge is 2.33. The second kappa shape index (κ2) is 6.40. The number of hydrogen-bond acceptors (Lipinski definition) is 3. The molecule has 25 heavy (non-hydrogen) atoms. The van der Waals surface area contributed by atoms with Crippen molar-refractivity contribution < 1.29 is 9.90 Å². The number of rotatable bonds is 2. The first-order valence-corrected chi connectivity index (χ1v) is 9.91. The van der Waals surface area contributed by atoms with Crippen LogP contribution in [0, 0.1) is 0 Å². The van der Waals surface area contributed by atoms with Gasteiger partial charge in [0.15, 0.2) is 0 Å². The summed E-state index contributed by atoms with van der Waals surface area (Å²) in [5, 5.41) is 13.4. The van der Waals surface area contributed by atoms with Gasteiger partial charge in [-0.3, -0.25) is 4.79 Å². The van der Waals surface area contributed by atoms with Crippen LogP contribution in [-0.4, -0.2) is 26.2 Å². The van der Waals surface area contributed by atoms with Gasteiger partial charge in [-0.25, -0.2) is 4.98 Å². The molecule has 2 aromatic rings. The standard InChI is InChI=1S/C19H24BrN3O2/c1-19(25)9-7-13(8-10-19)23-16-6-5-12(20)11-15(16)22-18(23)14-3-2-4-17(24)21-14/h5-6,11,13-14,25H,2-4,7-10H2,1H3,(H,21,24)/t13-,14-,19+/m0/s1. The van der Waals surface area contributed by atoms with Gasteiger partial charge in [-0.1, -0.05) is 15.9 Å². The third kappa shape index (κ3) is 3.34. The van der Waals surface area contributed by atoms with Crippen LogP contribution in [0.1, 0.15) is 69.8 Å². The third-order valence-electron chi connectivity index (χ3n) is 5.62. The molecule has 1 aromatic heterocycles. The number of halogens is 1. The zero-order valence-corrected chi connectivity index (χ0v) is 16.1. The van der Waals surface area contributed by atoms with E-state index in [1.165, 1.54) is 0 Å². The van der Waals surface area contributed by atoms with Crippen LogP contribution in [0.15, 0.2) is 22.7 Å². The fraction of sp³-hybridized carbons (Fsp3) is 0.579. The topological polar surface area (TPSA) is 67.2 Å². The fourth-order valence-corrected chi connectivity index (χ4v) is 4.55. The van der Waals surface area contributed by atoms with E-state index in [1.54, 1.807) is 0 Å². The van der Waals surface area contributed by atoms with Gasteiger partial charge in [0.2, 0.25) is 5.91 Å². The third-order valence-corrected chi connectivity index (χ3v) is 6.11. The van der Waals surface area contributed by atoms with E-state index in [9.17, 15) is 9.90 Å². The van der Waals surface area contributed by atoms with Crippen molar-refractivity contribution in [2.75, 3.05) is 0 Å². The van der Waals surface area contributed by atoms with Gasteiger partial charge in [-0.15, -0.1) is 0 Å². The zero-order chi connectivity index (χ0) is 17.6. The quantitative estimate of drug-likeness (QED) is 0.792. The molecular weight excluding hydrogens is 382 g/mol. The maximum absolute atomic E-state index is 11.9. The molecule has 1 aliphatic carbocycles. The van der Waals surface area contributed by atoms with Crippen LogP contribution in [0.5, 0.6) is 0 Å². The lowest BCUT2D eigenvalue weighted by molar-refractivity contribution is -0.123. The average Bonchev–Trinajstić information content (AvgIpc) is 2.93. The van der Waals surface area contributed by atoms with Gasteiger partial charge in [0.25, 0.3) is 0 Å². The smallest absolute Gasteiger partial charge is 0.220 e. The molecule has 1 amide bonds. The number of benzene rings is 1. The lowest BCUT2D eigenvalue weighted by Gasteiger charge is -2.35. The predicted molar refractivity (Wildman–Crippen MR) is 100 cm³/mol. The number of aliphatic hydroxyl groups is 1. The van der Waals surface area contributed by atoms with E-state index < -0.39 is 5.60 Å². The Balaban J connectivity index is 1.77. The van der Waals surface area contributed by atoms with Crippen LogP contribution in [-0.2, 0) is 4.79 Å². The highest BCUT2D eigenvalue weighted by atomic mass is 79.9. The minimum atomic E-state index is -0.560. The van der Waals surface area contributed by atoms with Crippen molar-refractivity contribution in [3.63, 3.8) is 0 Å². The lowest BCUT2D eigenvalue weighted by Crippen LogP contribution is -2.36. The summed E-state index contributed by atoms with van der Waals surface area (Å²) in [6, 6.07) is 6.49. The molecule has 1 saturated carbocycles. The highest BCUT2D eigenvalue weighted by molar-refractivity contribution is 9.10. The van der Waals surface area contributed by atoms with Gasteiger partial charge in [0, 0.05) is 16.9 Å². The molecule has 5 nitrogen and oxygen atoms in total. The van der Waals surface area contributed by atoms with Gasteiger partial charge in [0.1, 0.15) is 5.82 Å². The Kier molecular flexibility index (Phi) is 4.36. The van der Waals surface area contributed by atoms with Crippen molar-refractivity contribution in [1.29, 1.82) is 0 Å². The van der Waals surface area contributed by atoms with Crippen molar-refractivity contribution in [3.8, 4) is 0 Å². The van der Waals surface area contributed by atoms with Crippen LogP contribution in [0.25, 0.3) is 11.0 Å². The highest BCUT2D eigenvalue weighted by Crippen LogP contribution is 2.39. The van der Waals surface area contributed by atoms with E-state index in [0.29, 0.717) is 12.5 Å². The molecule has 4 rings (SSSR count). The Morgan fingerprint density at radius 2 is 2.08 bits per heavy atom. The number of hydrogen-bond donors (Lipinski definition) is 2. The first-order valence-electron chi connectivity index (χ1n) is 9.12. The monoisotopic (exact) mass is 405 g/mol. The van der Waals surface area contributed by atoms with Crippen LogP contribution < -0.4 is 5.32 Å². The summed E-state index contributed by atoms with van der Waals surface area (Å²) in [5.41, 5.74) is 1.51. The van der Waals surface area contributed by atoms with Crippen molar-refractivity contribution in [3.05, 3.63) is 28.5 Å². The summed E-state index contributed by atoms with van der Waals surface area (Å²) in [4.78, 5) is 16.8. The first kappa shape index (κ1) is 17.0. The van der Waals surface area contributed by atoms with Gasteiger partial charge < -0.3 is 15.0 Å². The largest absolute Gasteiger partial charge is 0.390 e. The van der Waals surface area contributed by atoms with E-state index in [2.05, 4.69) is 31.9 Å². The van der Waals surface area contributed by atoms with E-state index >= 15 is 0 Å². The zero-order valence-electron chi connectivity index (χ0n) is 14.5. The molecule has 2 heterocycles. The Bertz CT molecular complexity index is 804. The molecule has 1 saturated heterocycles. The minimum Gasteiger partial charge on any atom is -0.390 e. The Morgan fingerprint density at radius 1 is 1.32 bits per heavy atom. The summed E-state index contributed by atoms with van der Waals surface area (Å²) in [7, 11) is 0. The fourth-order valence-electron chi connectivity index (χ4n) is 4.20. The van der Waals surface area contributed by atoms with E-state index in [1.807, 2.05) is 19.1 Å². The van der Waals surface area contributed by atoms with Crippen LogP contribution in [0.3, 0.4) is 0 Å². The molecule has 1 aromatic carbocycles. The van der Waals surface area contributed by atoms with Crippen molar-refractivity contribution >= 4 is 32.9 Å². The molecule has 134 valence electrons. The Hall–Kier alpha value is -1.40. The van der Waals surface area contributed by atoms with Crippen molar-refractivity contribution in [2.24, 2.45) is 0 Å². The number of amides is 1. The number of imidazole rings is 1. The number of nitrogens with zero attached hydrogens (tertiary/aromatic N) is 2. The molecule has 0 spiro atoms. The van der Waals surface area contributed by atoms with E-state index in [-0.39, 0.29) is 11.9 Å². The maximum atomic E-state index is 11.9. The summed E-state index contributed by atoms with van der Waals surface area (Å²) in [6.07, 6.45) is 5.90.